The topological polar surface area (TPSA) is 72.2 Å². The van der Waals surface area contributed by atoms with Crippen LogP contribution >= 0.6 is 0 Å². The largest absolute Gasteiger partial charge is 0.330 e. The van der Waals surface area contributed by atoms with Crippen LogP contribution in [0.3, 0.4) is 0 Å². The lowest BCUT2D eigenvalue weighted by molar-refractivity contribution is 0.549. The first-order valence-corrected chi connectivity index (χ1v) is 7.15. The number of aryl methyl sites for hydroxylation is 2. The second kappa shape index (κ2) is 5.62. The van der Waals surface area contributed by atoms with Gasteiger partial charge in [-0.3, -0.25) is 0 Å². The predicted octanol–water partition coefficient (Wildman–Crippen LogP) is 1.32. The summed E-state index contributed by atoms with van der Waals surface area (Å²) in [6.07, 6.45) is 0.629. The van der Waals surface area contributed by atoms with Crippen molar-refractivity contribution in [3.63, 3.8) is 0 Å². The van der Waals surface area contributed by atoms with Gasteiger partial charge in [0.15, 0.2) is 0 Å². The van der Waals surface area contributed by atoms with Crippen molar-refractivity contribution in [3.05, 3.63) is 29.3 Å². The second-order valence-electron chi connectivity index (χ2n) is 4.35. The van der Waals surface area contributed by atoms with Gasteiger partial charge in [0.05, 0.1) is 4.90 Å². The monoisotopic (exact) mass is 256 g/mol. The van der Waals surface area contributed by atoms with Gasteiger partial charge in [-0.2, -0.15) is 0 Å². The molecule has 1 rings (SSSR count). The summed E-state index contributed by atoms with van der Waals surface area (Å²) in [5.41, 5.74) is 7.45. The molecule has 0 aromatic heterocycles. The van der Waals surface area contributed by atoms with Crippen molar-refractivity contribution in [2.24, 2.45) is 5.73 Å². The molecule has 5 heteroatoms. The highest BCUT2D eigenvalue weighted by molar-refractivity contribution is 7.89. The third kappa shape index (κ3) is 3.80. The number of benzene rings is 1. The quantitative estimate of drug-likeness (QED) is 0.834. The molecule has 0 heterocycles. The summed E-state index contributed by atoms with van der Waals surface area (Å²) in [5, 5.41) is 0. The van der Waals surface area contributed by atoms with Crippen molar-refractivity contribution in [1.29, 1.82) is 0 Å². The minimum absolute atomic E-state index is 0.147. The lowest BCUT2D eigenvalue weighted by Gasteiger charge is -2.14. The molecule has 0 saturated carbocycles. The first kappa shape index (κ1) is 14.2. The summed E-state index contributed by atoms with van der Waals surface area (Å²) in [6, 6.07) is 4.98. The third-order valence-corrected chi connectivity index (χ3v) is 4.33. The Morgan fingerprint density at radius 1 is 1.29 bits per heavy atom. The van der Waals surface area contributed by atoms with Crippen LogP contribution in [0.5, 0.6) is 0 Å². The smallest absolute Gasteiger partial charge is 0.240 e. The van der Waals surface area contributed by atoms with Crippen molar-refractivity contribution in [2.45, 2.75) is 38.1 Å². The third-order valence-electron chi connectivity index (χ3n) is 2.74. The molecule has 1 atom stereocenters. The molecule has 3 N–H and O–H groups in total. The van der Waals surface area contributed by atoms with Crippen molar-refractivity contribution in [2.75, 3.05) is 6.54 Å². The molecule has 0 saturated heterocycles. The molecule has 0 bridgehead atoms. The fourth-order valence-electron chi connectivity index (χ4n) is 1.52. The zero-order valence-corrected chi connectivity index (χ0v) is 11.3. The summed E-state index contributed by atoms with van der Waals surface area (Å²) in [5.74, 6) is 0. The number of hydrogen-bond donors (Lipinski definition) is 2. The maximum Gasteiger partial charge on any atom is 0.240 e. The van der Waals surface area contributed by atoms with E-state index >= 15 is 0 Å². The van der Waals surface area contributed by atoms with E-state index in [2.05, 4.69) is 4.72 Å². The Bertz CT molecular complexity index is 483. The van der Waals surface area contributed by atoms with E-state index in [4.69, 9.17) is 5.73 Å². The van der Waals surface area contributed by atoms with Gasteiger partial charge in [0.2, 0.25) is 10.0 Å². The highest BCUT2D eigenvalue weighted by atomic mass is 32.2. The van der Waals surface area contributed by atoms with Gasteiger partial charge in [-0.25, -0.2) is 13.1 Å². The van der Waals surface area contributed by atoms with Gasteiger partial charge in [-0.15, -0.1) is 0 Å². The average molecular weight is 256 g/mol. The van der Waals surface area contributed by atoms with Crippen LogP contribution in [0.2, 0.25) is 0 Å². The van der Waals surface area contributed by atoms with Crippen LogP contribution in [0.4, 0.5) is 0 Å². The molecule has 0 fully saturated rings. The SMILES string of the molecule is Cc1ccc(S(=O)(=O)NC(C)CCN)cc1C. The molecule has 4 nitrogen and oxygen atoms in total. The van der Waals surface area contributed by atoms with Crippen LogP contribution in [0.25, 0.3) is 0 Å². The molecular formula is C12H20N2O2S. The van der Waals surface area contributed by atoms with Crippen LogP contribution in [-0.2, 0) is 10.0 Å². The molecule has 0 aliphatic carbocycles. The standard InChI is InChI=1S/C12H20N2O2S/c1-9-4-5-12(8-10(9)2)17(15,16)14-11(3)6-7-13/h4-5,8,11,14H,6-7,13H2,1-3H3. The Hall–Kier alpha value is -0.910. The van der Waals surface area contributed by atoms with E-state index in [9.17, 15) is 8.42 Å². The van der Waals surface area contributed by atoms with E-state index < -0.39 is 10.0 Å². The molecule has 1 aromatic carbocycles. The minimum Gasteiger partial charge on any atom is -0.330 e. The van der Waals surface area contributed by atoms with E-state index in [1.165, 1.54) is 0 Å². The van der Waals surface area contributed by atoms with Gasteiger partial charge in [0, 0.05) is 6.04 Å². The van der Waals surface area contributed by atoms with Gasteiger partial charge < -0.3 is 5.73 Å². The van der Waals surface area contributed by atoms with Crippen molar-refractivity contribution in [3.8, 4) is 0 Å². The first-order chi connectivity index (χ1) is 7.86. The average Bonchev–Trinajstić information content (AvgIpc) is 2.21. The van der Waals surface area contributed by atoms with Gasteiger partial charge in [0.25, 0.3) is 0 Å². The van der Waals surface area contributed by atoms with Crippen LogP contribution in [0.15, 0.2) is 23.1 Å². The van der Waals surface area contributed by atoms with Crippen LogP contribution in [0, 0.1) is 13.8 Å². The molecule has 1 aromatic rings. The van der Waals surface area contributed by atoms with Crippen molar-refractivity contribution in [1.82, 2.24) is 4.72 Å². The van der Waals surface area contributed by atoms with Gasteiger partial charge >= 0.3 is 0 Å². The maximum absolute atomic E-state index is 12.0. The van der Waals surface area contributed by atoms with Gasteiger partial charge in [0.1, 0.15) is 0 Å². The predicted molar refractivity (Wildman–Crippen MR) is 69.4 cm³/mol. The Morgan fingerprint density at radius 2 is 1.94 bits per heavy atom. The summed E-state index contributed by atoms with van der Waals surface area (Å²) in [7, 11) is -3.43. The minimum atomic E-state index is -3.43. The van der Waals surface area contributed by atoms with Gasteiger partial charge in [-0.05, 0) is 57.0 Å². The zero-order valence-electron chi connectivity index (χ0n) is 10.5. The van der Waals surface area contributed by atoms with Crippen molar-refractivity contribution >= 4 is 10.0 Å². The number of nitrogens with one attached hydrogen (secondary N) is 1. The number of sulfonamides is 1. The highest BCUT2D eigenvalue weighted by Gasteiger charge is 2.17. The normalized spacial score (nSPS) is 13.6. The lowest BCUT2D eigenvalue weighted by atomic mass is 10.1. The van der Waals surface area contributed by atoms with E-state index in [1.54, 1.807) is 12.1 Å². The molecule has 0 radical (unpaired) electrons. The molecule has 96 valence electrons. The number of rotatable bonds is 5. The Kier molecular flexibility index (Phi) is 4.68. The number of hydrogen-bond acceptors (Lipinski definition) is 3. The molecule has 0 spiro atoms. The Labute approximate surface area is 103 Å². The fourth-order valence-corrected chi connectivity index (χ4v) is 2.89. The van der Waals surface area contributed by atoms with E-state index in [0.717, 1.165) is 11.1 Å². The summed E-state index contributed by atoms with van der Waals surface area (Å²) >= 11 is 0. The Balaban J connectivity index is 2.93. The molecule has 0 aliphatic rings. The molecule has 17 heavy (non-hydrogen) atoms. The molecule has 1 unspecified atom stereocenters. The molecular weight excluding hydrogens is 236 g/mol. The lowest BCUT2D eigenvalue weighted by Crippen LogP contribution is -2.34. The van der Waals surface area contributed by atoms with E-state index in [1.807, 2.05) is 26.8 Å². The Morgan fingerprint density at radius 3 is 2.47 bits per heavy atom. The first-order valence-electron chi connectivity index (χ1n) is 5.66. The number of nitrogens with two attached hydrogens (primary N) is 1. The van der Waals surface area contributed by atoms with Gasteiger partial charge in [-0.1, -0.05) is 6.07 Å². The second-order valence-corrected chi connectivity index (χ2v) is 6.06. The van der Waals surface area contributed by atoms with E-state index in [0.29, 0.717) is 17.9 Å². The summed E-state index contributed by atoms with van der Waals surface area (Å²) in [6.45, 7) is 6.13. The van der Waals surface area contributed by atoms with Crippen LogP contribution < -0.4 is 10.5 Å². The van der Waals surface area contributed by atoms with Crippen molar-refractivity contribution < 1.29 is 8.42 Å². The highest BCUT2D eigenvalue weighted by Crippen LogP contribution is 2.15. The van der Waals surface area contributed by atoms with E-state index in [-0.39, 0.29) is 6.04 Å². The maximum atomic E-state index is 12.0. The fraction of sp³-hybridized carbons (Fsp3) is 0.500. The molecule has 0 amide bonds. The summed E-state index contributed by atoms with van der Waals surface area (Å²) in [4.78, 5) is 0.310. The zero-order chi connectivity index (χ0) is 13.1. The summed E-state index contributed by atoms with van der Waals surface area (Å²) < 4.78 is 26.7. The van der Waals surface area contributed by atoms with Crippen LogP contribution in [-0.4, -0.2) is 21.0 Å². The van der Waals surface area contributed by atoms with Crippen LogP contribution in [0.1, 0.15) is 24.5 Å². The molecule has 0 aliphatic heterocycles.